The third-order valence-corrected chi connectivity index (χ3v) is 7.04. The summed E-state index contributed by atoms with van der Waals surface area (Å²) >= 11 is 0. The number of aromatic nitrogens is 1. The molecule has 3 atom stereocenters. The second-order valence-corrected chi connectivity index (χ2v) is 8.90. The van der Waals surface area contributed by atoms with Crippen LogP contribution >= 0.6 is 0 Å². The van der Waals surface area contributed by atoms with Crippen molar-refractivity contribution in [3.63, 3.8) is 0 Å². The van der Waals surface area contributed by atoms with Crippen molar-refractivity contribution in [1.82, 2.24) is 9.88 Å². The highest BCUT2D eigenvalue weighted by molar-refractivity contribution is 5.98. The van der Waals surface area contributed by atoms with Gasteiger partial charge in [0.15, 0.2) is 11.2 Å². The lowest BCUT2D eigenvalue weighted by molar-refractivity contribution is 0.101. The Hall–Kier alpha value is -2.21. The molecular weight excluding hydrogens is 371 g/mol. The van der Waals surface area contributed by atoms with Gasteiger partial charge in [-0.25, -0.2) is 4.39 Å². The zero-order chi connectivity index (χ0) is 20.3. The van der Waals surface area contributed by atoms with Gasteiger partial charge in [-0.3, -0.25) is 9.59 Å². The summed E-state index contributed by atoms with van der Waals surface area (Å²) in [4.78, 5) is 25.0. The lowest BCUT2D eigenvalue weighted by Crippen LogP contribution is -2.37. The van der Waals surface area contributed by atoms with Crippen molar-refractivity contribution in [2.24, 2.45) is 5.92 Å². The lowest BCUT2D eigenvalue weighted by Gasteiger charge is -2.25. The van der Waals surface area contributed by atoms with Crippen LogP contribution in [-0.4, -0.2) is 30.0 Å². The molecular formula is C23H27FN2O3. The summed E-state index contributed by atoms with van der Waals surface area (Å²) in [6, 6.07) is 2.01. The number of rotatable bonds is 4. The molecule has 0 radical (unpaired) electrons. The molecule has 1 aromatic carbocycles. The Bertz CT molecular complexity index is 1040. The fraction of sp³-hybridized carbons (Fsp3) is 0.565. The molecule has 1 unspecified atom stereocenters. The molecule has 5 nitrogen and oxygen atoms in total. The van der Waals surface area contributed by atoms with Crippen LogP contribution in [0.3, 0.4) is 0 Å². The van der Waals surface area contributed by atoms with Gasteiger partial charge >= 0.3 is 0 Å². The number of ether oxygens (including phenoxy) is 1. The number of pyridine rings is 1. The molecule has 1 aromatic heterocycles. The van der Waals surface area contributed by atoms with Crippen LogP contribution in [0.2, 0.25) is 0 Å². The number of piperidine rings is 1. The second-order valence-electron chi connectivity index (χ2n) is 8.90. The molecule has 2 aromatic rings. The Labute approximate surface area is 169 Å². The summed E-state index contributed by atoms with van der Waals surface area (Å²) in [6.45, 7) is 2.41. The number of methoxy groups -OCH3 is 1. The highest BCUT2D eigenvalue weighted by atomic mass is 19.1. The topological polar surface area (TPSA) is 60.3 Å². The number of nitrogens with one attached hydrogen (secondary N) is 1. The molecule has 2 heterocycles. The van der Waals surface area contributed by atoms with E-state index >= 15 is 4.39 Å². The van der Waals surface area contributed by atoms with E-state index in [2.05, 4.69) is 5.32 Å². The number of carbonyl (C=O) groups excluding carboxylic acids is 1. The first-order valence-corrected chi connectivity index (χ1v) is 10.7. The number of fused-ring (bicyclic) bond motifs is 2. The first-order valence-electron chi connectivity index (χ1n) is 10.7. The predicted octanol–water partition coefficient (Wildman–Crippen LogP) is 3.93. The number of nitrogens with zero attached hydrogens (tertiary/aromatic N) is 1. The van der Waals surface area contributed by atoms with Gasteiger partial charge in [-0.05, 0) is 69.9 Å². The molecule has 2 saturated carbocycles. The highest BCUT2D eigenvalue weighted by Crippen LogP contribution is 2.48. The van der Waals surface area contributed by atoms with Crippen LogP contribution in [0.1, 0.15) is 73.3 Å². The minimum atomic E-state index is -0.407. The molecule has 0 spiro atoms. The molecule has 0 bridgehead atoms. The van der Waals surface area contributed by atoms with E-state index in [0.29, 0.717) is 28.8 Å². The largest absolute Gasteiger partial charge is 0.494 e. The van der Waals surface area contributed by atoms with Gasteiger partial charge in [0.25, 0.3) is 0 Å². The second kappa shape index (κ2) is 6.94. The normalized spacial score (nSPS) is 26.5. The van der Waals surface area contributed by atoms with Gasteiger partial charge in [0.05, 0.1) is 23.6 Å². The van der Waals surface area contributed by atoms with Crippen LogP contribution in [0.25, 0.3) is 10.9 Å². The van der Waals surface area contributed by atoms with Crippen LogP contribution in [0.4, 0.5) is 4.39 Å². The first kappa shape index (κ1) is 18.8. The molecule has 29 heavy (non-hydrogen) atoms. The van der Waals surface area contributed by atoms with Gasteiger partial charge in [-0.15, -0.1) is 0 Å². The van der Waals surface area contributed by atoms with Gasteiger partial charge in [-0.2, -0.15) is 0 Å². The van der Waals surface area contributed by atoms with Crippen LogP contribution in [0.5, 0.6) is 5.75 Å². The van der Waals surface area contributed by atoms with Crippen molar-refractivity contribution >= 4 is 16.7 Å². The Morgan fingerprint density at radius 2 is 2.07 bits per heavy atom. The first-order chi connectivity index (χ1) is 14.0. The van der Waals surface area contributed by atoms with E-state index in [4.69, 9.17) is 4.74 Å². The van der Waals surface area contributed by atoms with E-state index in [1.54, 1.807) is 13.3 Å². The van der Waals surface area contributed by atoms with E-state index in [9.17, 15) is 9.59 Å². The Morgan fingerprint density at radius 1 is 1.28 bits per heavy atom. The maximum Gasteiger partial charge on any atom is 0.200 e. The van der Waals surface area contributed by atoms with E-state index in [-0.39, 0.29) is 28.7 Å². The average molecular weight is 398 g/mol. The smallest absolute Gasteiger partial charge is 0.200 e. The third kappa shape index (κ3) is 3.00. The number of carbonyl (C=O) groups is 1. The molecule has 2 aliphatic carbocycles. The Kier molecular flexibility index (Phi) is 4.50. The van der Waals surface area contributed by atoms with Crippen LogP contribution in [-0.2, 0) is 0 Å². The number of Topliss-reactive ketones (excluding diaryl/α,β-unsaturated/α-hetero) is 1. The molecule has 0 amide bonds. The predicted molar refractivity (Wildman–Crippen MR) is 109 cm³/mol. The van der Waals surface area contributed by atoms with Crippen molar-refractivity contribution in [3.8, 4) is 5.75 Å². The van der Waals surface area contributed by atoms with Gasteiger partial charge < -0.3 is 14.6 Å². The molecule has 154 valence electrons. The van der Waals surface area contributed by atoms with Crippen LogP contribution < -0.4 is 15.5 Å². The van der Waals surface area contributed by atoms with Crippen LogP contribution in [0, 0.1) is 11.7 Å². The summed E-state index contributed by atoms with van der Waals surface area (Å²) in [7, 11) is 1.55. The van der Waals surface area contributed by atoms with Gasteiger partial charge in [0.2, 0.25) is 0 Å². The summed E-state index contributed by atoms with van der Waals surface area (Å²) in [6.07, 6.45) is 7.81. The van der Waals surface area contributed by atoms with Crippen LogP contribution in [0.15, 0.2) is 17.1 Å². The van der Waals surface area contributed by atoms with Crippen molar-refractivity contribution in [1.29, 1.82) is 0 Å². The minimum Gasteiger partial charge on any atom is -0.494 e. The van der Waals surface area contributed by atoms with Gasteiger partial charge in [0, 0.05) is 23.8 Å². The maximum absolute atomic E-state index is 15.4. The Balaban J connectivity index is 1.73. The summed E-state index contributed by atoms with van der Waals surface area (Å²) in [5.41, 5.74) is 0.953. The Morgan fingerprint density at radius 3 is 2.72 bits per heavy atom. The molecule has 3 fully saturated rings. The molecule has 1 saturated heterocycles. The standard InChI is InChI=1S/C23H27FN2O3/c1-12(27)17-11-26(15-5-6-15)21-16(22(17)28)10-18(24)20(23(21)29-2)14-8-13-4-3-7-25-19(13)9-14/h10-11,13-15,19,25H,3-9H2,1-2H3/t13-,14?,19+/m0/s1. The zero-order valence-corrected chi connectivity index (χ0v) is 17.0. The average Bonchev–Trinajstić information content (AvgIpc) is 3.45. The van der Waals surface area contributed by atoms with E-state index in [1.807, 2.05) is 4.57 Å². The fourth-order valence-electron chi connectivity index (χ4n) is 5.53. The number of halogens is 1. The highest BCUT2D eigenvalue weighted by Gasteiger charge is 2.39. The number of hydrogen-bond donors (Lipinski definition) is 1. The quantitative estimate of drug-likeness (QED) is 0.793. The minimum absolute atomic E-state index is 0.0742. The van der Waals surface area contributed by atoms with Crippen molar-refractivity contribution in [2.45, 2.75) is 63.5 Å². The van der Waals surface area contributed by atoms with Gasteiger partial charge in [-0.1, -0.05) is 0 Å². The SMILES string of the molecule is COc1c(C2C[C@@H]3CCCN[C@@H]3C2)c(F)cc2c(=O)c(C(C)=O)cn(C3CC3)c12. The molecule has 5 rings (SSSR count). The maximum atomic E-state index is 15.4. The van der Waals surface area contributed by atoms with E-state index in [1.165, 1.54) is 25.8 Å². The number of ketones is 1. The van der Waals surface area contributed by atoms with Gasteiger partial charge in [0.1, 0.15) is 11.6 Å². The third-order valence-electron chi connectivity index (χ3n) is 7.04. The van der Waals surface area contributed by atoms with E-state index in [0.717, 1.165) is 32.2 Å². The van der Waals surface area contributed by atoms with Crippen molar-refractivity contribution in [3.05, 3.63) is 39.4 Å². The lowest BCUT2D eigenvalue weighted by atomic mass is 9.91. The molecule has 3 aliphatic rings. The molecule has 6 heteroatoms. The zero-order valence-electron chi connectivity index (χ0n) is 17.0. The van der Waals surface area contributed by atoms with Crippen molar-refractivity contribution in [2.75, 3.05) is 13.7 Å². The summed E-state index contributed by atoms with van der Waals surface area (Å²) in [5.74, 6) is 0.436. The van der Waals surface area contributed by atoms with Crippen molar-refractivity contribution < 1.29 is 13.9 Å². The molecule has 1 N–H and O–H groups in total. The molecule has 1 aliphatic heterocycles. The fourth-order valence-corrected chi connectivity index (χ4v) is 5.53. The summed E-state index contributed by atoms with van der Waals surface area (Å²) < 4.78 is 23.2. The van der Waals surface area contributed by atoms with E-state index < -0.39 is 11.2 Å². The number of benzene rings is 1. The number of hydrogen-bond acceptors (Lipinski definition) is 4. The summed E-state index contributed by atoms with van der Waals surface area (Å²) in [5, 5.41) is 3.83. The monoisotopic (exact) mass is 398 g/mol.